The topological polar surface area (TPSA) is 107 Å². The Bertz CT molecular complexity index is 930. The predicted molar refractivity (Wildman–Crippen MR) is 89.1 cm³/mol. The van der Waals surface area contributed by atoms with E-state index >= 15 is 0 Å². The van der Waals surface area contributed by atoms with Gasteiger partial charge in [-0.05, 0) is 6.07 Å². The first-order valence-corrected chi connectivity index (χ1v) is 7.63. The van der Waals surface area contributed by atoms with Gasteiger partial charge >= 0.3 is 0 Å². The molecule has 0 aliphatic carbocycles. The van der Waals surface area contributed by atoms with Gasteiger partial charge in [-0.25, -0.2) is 9.97 Å². The molecule has 0 bridgehead atoms. The van der Waals surface area contributed by atoms with Crippen molar-refractivity contribution < 1.29 is 4.79 Å². The maximum Gasteiger partial charge on any atom is 0.226 e. The first-order valence-electron chi connectivity index (χ1n) is 7.25. The van der Waals surface area contributed by atoms with Crippen LogP contribution < -0.4 is 5.32 Å². The fraction of sp³-hybridized carbons (Fsp3) is 0.188. The van der Waals surface area contributed by atoms with Gasteiger partial charge < -0.3 is 10.3 Å². The zero-order valence-corrected chi connectivity index (χ0v) is 13.3. The van der Waals surface area contributed by atoms with E-state index in [-0.39, 0.29) is 18.7 Å². The average Bonchev–Trinajstić information content (AvgIpc) is 2.98. The lowest BCUT2D eigenvalue weighted by molar-refractivity contribution is -0.120. The van der Waals surface area contributed by atoms with Gasteiger partial charge in [0.2, 0.25) is 5.91 Å². The molecule has 24 heavy (non-hydrogen) atoms. The summed E-state index contributed by atoms with van der Waals surface area (Å²) in [4.78, 5) is 27.7. The van der Waals surface area contributed by atoms with Crippen LogP contribution in [0.25, 0.3) is 22.3 Å². The summed E-state index contributed by atoms with van der Waals surface area (Å²) in [7, 11) is 0. The van der Waals surface area contributed by atoms with Gasteiger partial charge in [0.1, 0.15) is 5.65 Å². The maximum absolute atomic E-state index is 11.8. The number of H-pyrrole nitrogens is 1. The molecule has 3 aromatic rings. The van der Waals surface area contributed by atoms with Crippen molar-refractivity contribution >= 4 is 28.5 Å². The van der Waals surface area contributed by atoms with E-state index in [4.69, 9.17) is 16.9 Å². The van der Waals surface area contributed by atoms with Crippen molar-refractivity contribution in [2.24, 2.45) is 0 Å². The molecule has 0 saturated carbocycles. The summed E-state index contributed by atoms with van der Waals surface area (Å²) in [6.07, 6.45) is 6.91. The van der Waals surface area contributed by atoms with Gasteiger partial charge in [0.15, 0.2) is 0 Å². The number of halogens is 1. The Hall–Kier alpha value is -2.98. The Morgan fingerprint density at radius 1 is 1.38 bits per heavy atom. The first kappa shape index (κ1) is 15.9. The fourth-order valence-corrected chi connectivity index (χ4v) is 2.45. The molecule has 8 heteroatoms. The smallest absolute Gasteiger partial charge is 0.226 e. The number of aromatic nitrogens is 4. The van der Waals surface area contributed by atoms with Crippen LogP contribution in [0.1, 0.15) is 12.1 Å². The van der Waals surface area contributed by atoms with Crippen molar-refractivity contribution in [3.8, 4) is 17.3 Å². The number of rotatable bonds is 5. The molecule has 0 aliphatic heterocycles. The SMILES string of the molecule is N#CCCNC(=O)Cc1cncc(-c2c[nH]c3ncc(Cl)cc23)n1. The van der Waals surface area contributed by atoms with Crippen LogP contribution in [0.2, 0.25) is 5.02 Å². The normalized spacial score (nSPS) is 10.5. The number of carbonyl (C=O) groups is 1. The summed E-state index contributed by atoms with van der Waals surface area (Å²) < 4.78 is 0. The third-order valence-electron chi connectivity index (χ3n) is 3.36. The maximum atomic E-state index is 11.8. The van der Waals surface area contributed by atoms with E-state index in [0.717, 1.165) is 10.9 Å². The average molecular weight is 341 g/mol. The summed E-state index contributed by atoms with van der Waals surface area (Å²) in [5.41, 5.74) is 2.70. The number of aromatic amines is 1. The van der Waals surface area contributed by atoms with E-state index in [1.54, 1.807) is 30.9 Å². The molecular formula is C16H13ClN6O. The number of pyridine rings is 1. The number of hydrogen-bond acceptors (Lipinski definition) is 5. The molecule has 0 aromatic carbocycles. The van der Waals surface area contributed by atoms with Crippen molar-refractivity contribution in [3.05, 3.63) is 41.6 Å². The third-order valence-corrected chi connectivity index (χ3v) is 3.57. The molecule has 0 aliphatic rings. The minimum atomic E-state index is -0.194. The van der Waals surface area contributed by atoms with Crippen LogP contribution in [0.5, 0.6) is 0 Å². The lowest BCUT2D eigenvalue weighted by Crippen LogP contribution is -2.26. The van der Waals surface area contributed by atoms with Gasteiger partial charge in [-0.15, -0.1) is 0 Å². The van der Waals surface area contributed by atoms with Crippen LogP contribution in [-0.4, -0.2) is 32.4 Å². The van der Waals surface area contributed by atoms with E-state index in [2.05, 4.69) is 25.3 Å². The molecular weight excluding hydrogens is 328 g/mol. The lowest BCUT2D eigenvalue weighted by Gasteiger charge is -2.04. The molecule has 3 aromatic heterocycles. The van der Waals surface area contributed by atoms with Crippen molar-refractivity contribution in [3.63, 3.8) is 0 Å². The van der Waals surface area contributed by atoms with Crippen LogP contribution >= 0.6 is 11.6 Å². The number of nitrogens with zero attached hydrogens (tertiary/aromatic N) is 4. The van der Waals surface area contributed by atoms with Crippen LogP contribution in [0.15, 0.2) is 30.9 Å². The number of nitriles is 1. The van der Waals surface area contributed by atoms with Gasteiger partial charge in [-0.1, -0.05) is 11.6 Å². The third kappa shape index (κ3) is 3.50. The summed E-state index contributed by atoms with van der Waals surface area (Å²) in [5.74, 6) is -0.194. The molecule has 0 saturated heterocycles. The molecule has 3 heterocycles. The van der Waals surface area contributed by atoms with Crippen LogP contribution in [0.3, 0.4) is 0 Å². The van der Waals surface area contributed by atoms with Crippen LogP contribution in [-0.2, 0) is 11.2 Å². The highest BCUT2D eigenvalue weighted by Crippen LogP contribution is 2.27. The number of hydrogen-bond donors (Lipinski definition) is 2. The Morgan fingerprint density at radius 2 is 2.25 bits per heavy atom. The number of amides is 1. The van der Waals surface area contributed by atoms with Crippen molar-refractivity contribution in [1.82, 2.24) is 25.3 Å². The lowest BCUT2D eigenvalue weighted by atomic mass is 10.1. The molecule has 0 spiro atoms. The first-order chi connectivity index (χ1) is 11.7. The van der Waals surface area contributed by atoms with E-state index in [0.29, 0.717) is 28.6 Å². The molecule has 0 fully saturated rings. The molecule has 0 unspecified atom stereocenters. The van der Waals surface area contributed by atoms with Gasteiger partial charge in [0.25, 0.3) is 0 Å². The minimum absolute atomic E-state index is 0.105. The summed E-state index contributed by atoms with van der Waals surface area (Å²) >= 11 is 6.01. The van der Waals surface area contributed by atoms with Gasteiger partial charge in [-0.2, -0.15) is 5.26 Å². The summed E-state index contributed by atoms with van der Waals surface area (Å²) in [6.45, 7) is 0.328. The van der Waals surface area contributed by atoms with E-state index < -0.39 is 0 Å². The van der Waals surface area contributed by atoms with E-state index in [9.17, 15) is 4.79 Å². The van der Waals surface area contributed by atoms with Gasteiger partial charge in [0, 0.05) is 36.1 Å². The summed E-state index contributed by atoms with van der Waals surface area (Å²) in [6, 6.07) is 3.78. The highest BCUT2D eigenvalue weighted by Gasteiger charge is 2.11. The van der Waals surface area contributed by atoms with Crippen molar-refractivity contribution in [2.75, 3.05) is 6.54 Å². The predicted octanol–water partition coefficient (Wildman–Crippen LogP) is 2.25. The van der Waals surface area contributed by atoms with Gasteiger partial charge in [0.05, 0.1) is 41.5 Å². The molecule has 0 radical (unpaired) electrons. The largest absolute Gasteiger partial charge is 0.355 e. The molecule has 3 rings (SSSR count). The van der Waals surface area contributed by atoms with Crippen molar-refractivity contribution in [2.45, 2.75) is 12.8 Å². The zero-order valence-electron chi connectivity index (χ0n) is 12.6. The Balaban J connectivity index is 1.83. The Labute approximate surface area is 142 Å². The van der Waals surface area contributed by atoms with Crippen LogP contribution in [0.4, 0.5) is 0 Å². The number of carbonyl (C=O) groups excluding carboxylic acids is 1. The number of fused-ring (bicyclic) bond motifs is 1. The fourth-order valence-electron chi connectivity index (χ4n) is 2.30. The van der Waals surface area contributed by atoms with Crippen molar-refractivity contribution in [1.29, 1.82) is 5.26 Å². The van der Waals surface area contributed by atoms with Crippen LogP contribution in [0, 0.1) is 11.3 Å². The van der Waals surface area contributed by atoms with E-state index in [1.807, 2.05) is 6.07 Å². The Kier molecular flexibility index (Phi) is 4.68. The monoisotopic (exact) mass is 340 g/mol. The highest BCUT2D eigenvalue weighted by molar-refractivity contribution is 6.31. The second-order valence-electron chi connectivity index (χ2n) is 5.08. The second-order valence-corrected chi connectivity index (χ2v) is 5.52. The molecule has 2 N–H and O–H groups in total. The van der Waals surface area contributed by atoms with E-state index in [1.165, 1.54) is 0 Å². The molecule has 120 valence electrons. The zero-order chi connectivity index (χ0) is 16.9. The highest BCUT2D eigenvalue weighted by atomic mass is 35.5. The molecule has 0 atom stereocenters. The standard InChI is InChI=1S/C16H13ClN6O/c17-10-4-12-13(8-22-16(12)21-6-10)14-9-19-7-11(23-14)5-15(24)20-3-1-2-18/h4,6-9H,1,3,5H2,(H,20,24)(H,21,22). The Morgan fingerprint density at radius 3 is 3.08 bits per heavy atom. The molecule has 7 nitrogen and oxygen atoms in total. The van der Waals surface area contributed by atoms with Gasteiger partial charge in [-0.3, -0.25) is 9.78 Å². The quantitative estimate of drug-likeness (QED) is 0.692. The molecule has 1 amide bonds. The number of nitrogens with one attached hydrogen (secondary N) is 2. The summed E-state index contributed by atoms with van der Waals surface area (Å²) in [5, 5.41) is 12.5. The minimum Gasteiger partial charge on any atom is -0.355 e. The second kappa shape index (κ2) is 7.06.